The average Bonchev–Trinajstić information content (AvgIpc) is 2.37. The second-order valence-electron chi connectivity index (χ2n) is 4.99. The quantitative estimate of drug-likeness (QED) is 0.661. The molecule has 0 aliphatic carbocycles. The van der Waals surface area contributed by atoms with Crippen molar-refractivity contribution in [2.24, 2.45) is 0 Å². The lowest BCUT2D eigenvalue weighted by Crippen LogP contribution is -1.96. The highest BCUT2D eigenvalue weighted by Crippen LogP contribution is 2.27. The molecule has 0 N–H and O–H groups in total. The molecule has 3 heteroatoms. The van der Waals surface area contributed by atoms with Gasteiger partial charge in [-0.1, -0.05) is 35.4 Å². The largest absolute Gasteiger partial charge is 0.130 e. The third-order valence-corrected chi connectivity index (χ3v) is 3.28. The molecular weight excluding hydrogens is 234 g/mol. The lowest BCUT2D eigenvalue weighted by Gasteiger charge is -2.07. The minimum absolute atomic E-state index is 0.903. The fourth-order valence-corrected chi connectivity index (χ4v) is 2.47. The molecule has 19 heavy (non-hydrogen) atoms. The first-order valence-corrected chi connectivity index (χ1v) is 6.32. The van der Waals surface area contributed by atoms with Crippen molar-refractivity contribution < 1.29 is 0 Å². The van der Waals surface area contributed by atoms with Gasteiger partial charge >= 0.3 is 0 Å². The molecule has 0 saturated heterocycles. The normalized spacial score (nSPS) is 10.9. The summed E-state index contributed by atoms with van der Waals surface area (Å²) >= 11 is 0. The number of fused-ring (bicyclic) bond motifs is 1. The molecular formula is C16H15N3. The van der Waals surface area contributed by atoms with E-state index in [0.29, 0.717) is 0 Å². The van der Waals surface area contributed by atoms with Crippen molar-refractivity contribution in [2.45, 2.75) is 20.8 Å². The molecule has 0 unspecified atom stereocenters. The maximum atomic E-state index is 4.24. The van der Waals surface area contributed by atoms with E-state index < -0.39 is 0 Å². The topological polar surface area (TPSA) is 38.7 Å². The Hall–Kier alpha value is -2.29. The lowest BCUT2D eigenvalue weighted by molar-refractivity contribution is 0.898. The Labute approximate surface area is 112 Å². The van der Waals surface area contributed by atoms with Crippen molar-refractivity contribution in [3.8, 4) is 11.3 Å². The number of hydrogen-bond donors (Lipinski definition) is 0. The molecule has 0 atom stereocenters. The van der Waals surface area contributed by atoms with Crippen LogP contribution in [0.4, 0.5) is 0 Å². The van der Waals surface area contributed by atoms with Gasteiger partial charge in [0.15, 0.2) is 0 Å². The maximum Gasteiger partial charge on any atom is 0.104 e. The number of nitrogens with zero attached hydrogens (tertiary/aromatic N) is 3. The fraction of sp³-hybridized carbons (Fsp3) is 0.188. The molecule has 0 bridgehead atoms. The Kier molecular flexibility index (Phi) is 2.75. The molecule has 0 aliphatic rings. The van der Waals surface area contributed by atoms with Gasteiger partial charge in [-0.15, -0.1) is 10.2 Å². The van der Waals surface area contributed by atoms with Crippen molar-refractivity contribution in [1.82, 2.24) is 15.4 Å². The van der Waals surface area contributed by atoms with E-state index in [0.717, 1.165) is 27.7 Å². The summed E-state index contributed by atoms with van der Waals surface area (Å²) in [5.74, 6) is 0. The van der Waals surface area contributed by atoms with Crippen molar-refractivity contribution in [3.05, 3.63) is 53.1 Å². The van der Waals surface area contributed by atoms with Gasteiger partial charge in [-0.25, -0.2) is 0 Å². The van der Waals surface area contributed by atoms with Crippen LogP contribution in [0, 0.1) is 20.8 Å². The number of aromatic nitrogens is 3. The third-order valence-electron chi connectivity index (χ3n) is 3.28. The van der Waals surface area contributed by atoms with Crippen LogP contribution < -0.4 is 0 Å². The van der Waals surface area contributed by atoms with Gasteiger partial charge in [-0.2, -0.15) is 0 Å². The summed E-state index contributed by atoms with van der Waals surface area (Å²) in [6, 6.07) is 12.6. The summed E-state index contributed by atoms with van der Waals surface area (Å²) in [4.78, 5) is 0. The Morgan fingerprint density at radius 3 is 2.32 bits per heavy atom. The van der Waals surface area contributed by atoms with Crippen LogP contribution in [0.5, 0.6) is 0 Å². The zero-order valence-electron chi connectivity index (χ0n) is 11.3. The average molecular weight is 249 g/mol. The van der Waals surface area contributed by atoms with E-state index in [2.05, 4.69) is 53.5 Å². The maximum absolute atomic E-state index is 4.24. The van der Waals surface area contributed by atoms with Gasteiger partial charge in [0.25, 0.3) is 0 Å². The standard InChI is InChI=1S/C16H15N3/c1-10-7-11(2)9-13(8-10)16-14-6-4-5-12(3)15(14)17-19-18-16/h4-9H,1-3H3. The molecule has 94 valence electrons. The highest BCUT2D eigenvalue weighted by molar-refractivity contribution is 5.93. The third kappa shape index (κ3) is 2.08. The van der Waals surface area contributed by atoms with Crippen LogP contribution in [0.1, 0.15) is 16.7 Å². The SMILES string of the molecule is Cc1cc(C)cc(-c2nnnc3c(C)cccc23)c1. The van der Waals surface area contributed by atoms with E-state index in [4.69, 9.17) is 0 Å². The summed E-state index contributed by atoms with van der Waals surface area (Å²) in [5.41, 5.74) is 6.51. The molecule has 0 amide bonds. The zero-order chi connectivity index (χ0) is 13.4. The van der Waals surface area contributed by atoms with Crippen molar-refractivity contribution in [2.75, 3.05) is 0 Å². The minimum Gasteiger partial charge on any atom is -0.130 e. The van der Waals surface area contributed by atoms with Crippen molar-refractivity contribution in [3.63, 3.8) is 0 Å². The fourth-order valence-electron chi connectivity index (χ4n) is 2.47. The molecule has 0 radical (unpaired) electrons. The summed E-state index contributed by atoms with van der Waals surface area (Å²) in [6.07, 6.45) is 0. The Bertz CT molecular complexity index is 743. The molecule has 1 aromatic heterocycles. The van der Waals surface area contributed by atoms with Gasteiger partial charge in [-0.3, -0.25) is 0 Å². The molecule has 1 heterocycles. The Balaban J connectivity index is 2.33. The highest BCUT2D eigenvalue weighted by Gasteiger charge is 2.09. The number of rotatable bonds is 1. The first-order chi connectivity index (χ1) is 9.15. The zero-order valence-corrected chi connectivity index (χ0v) is 11.3. The molecule has 0 spiro atoms. The monoisotopic (exact) mass is 249 g/mol. The molecule has 3 rings (SSSR count). The first kappa shape index (κ1) is 11.8. The lowest BCUT2D eigenvalue weighted by atomic mass is 10.0. The van der Waals surface area contributed by atoms with E-state index in [1.54, 1.807) is 0 Å². The van der Waals surface area contributed by atoms with Gasteiger partial charge in [-0.05, 0) is 43.7 Å². The van der Waals surface area contributed by atoms with Crippen molar-refractivity contribution >= 4 is 10.9 Å². The minimum atomic E-state index is 0.903. The number of aryl methyl sites for hydroxylation is 3. The van der Waals surface area contributed by atoms with E-state index >= 15 is 0 Å². The van der Waals surface area contributed by atoms with Crippen LogP contribution in [0.15, 0.2) is 36.4 Å². The van der Waals surface area contributed by atoms with E-state index in [1.165, 1.54) is 11.1 Å². The summed E-state index contributed by atoms with van der Waals surface area (Å²) in [7, 11) is 0. The second-order valence-corrected chi connectivity index (χ2v) is 4.99. The smallest absolute Gasteiger partial charge is 0.104 e. The van der Waals surface area contributed by atoms with Crippen molar-refractivity contribution in [1.29, 1.82) is 0 Å². The molecule has 0 aliphatic heterocycles. The number of hydrogen-bond acceptors (Lipinski definition) is 3. The van der Waals surface area contributed by atoms with E-state index in [9.17, 15) is 0 Å². The van der Waals surface area contributed by atoms with E-state index in [1.807, 2.05) is 19.1 Å². The Morgan fingerprint density at radius 1 is 0.842 bits per heavy atom. The van der Waals surface area contributed by atoms with Gasteiger partial charge < -0.3 is 0 Å². The van der Waals surface area contributed by atoms with E-state index in [-0.39, 0.29) is 0 Å². The molecule has 3 nitrogen and oxygen atoms in total. The van der Waals surface area contributed by atoms with Gasteiger partial charge in [0.05, 0.1) is 5.52 Å². The summed E-state index contributed by atoms with van der Waals surface area (Å²) in [5, 5.41) is 13.4. The molecule has 0 saturated carbocycles. The first-order valence-electron chi connectivity index (χ1n) is 6.32. The molecule has 0 fully saturated rings. The molecule has 2 aromatic carbocycles. The predicted molar refractivity (Wildman–Crippen MR) is 77.0 cm³/mol. The van der Waals surface area contributed by atoms with Crippen LogP contribution in [-0.4, -0.2) is 15.4 Å². The summed E-state index contributed by atoms with van der Waals surface area (Å²) < 4.78 is 0. The highest BCUT2D eigenvalue weighted by atomic mass is 15.3. The van der Waals surface area contributed by atoms with Crippen LogP contribution in [0.3, 0.4) is 0 Å². The predicted octanol–water partition coefficient (Wildman–Crippen LogP) is 3.62. The van der Waals surface area contributed by atoms with Crippen LogP contribution in [0.25, 0.3) is 22.2 Å². The Morgan fingerprint density at radius 2 is 1.58 bits per heavy atom. The van der Waals surface area contributed by atoms with Gasteiger partial charge in [0.1, 0.15) is 5.69 Å². The van der Waals surface area contributed by atoms with Crippen LogP contribution in [-0.2, 0) is 0 Å². The molecule has 3 aromatic rings. The van der Waals surface area contributed by atoms with Crippen LogP contribution in [0.2, 0.25) is 0 Å². The number of benzene rings is 2. The van der Waals surface area contributed by atoms with Gasteiger partial charge in [0, 0.05) is 10.9 Å². The van der Waals surface area contributed by atoms with Crippen LogP contribution >= 0.6 is 0 Å². The second kappa shape index (κ2) is 4.43. The van der Waals surface area contributed by atoms with Gasteiger partial charge in [0.2, 0.25) is 0 Å². The summed E-state index contributed by atoms with van der Waals surface area (Å²) in [6.45, 7) is 6.24.